The van der Waals surface area contributed by atoms with E-state index in [1.54, 1.807) is 0 Å². The van der Waals surface area contributed by atoms with Gasteiger partial charge in [-0.1, -0.05) is 28.9 Å². The Morgan fingerprint density at radius 1 is 1.47 bits per heavy atom. The van der Waals surface area contributed by atoms with Gasteiger partial charge in [-0.2, -0.15) is 0 Å². The van der Waals surface area contributed by atoms with Crippen molar-refractivity contribution in [3.63, 3.8) is 0 Å². The SMILES string of the molecule is CCc1[nH]n(-c2cccc(Br)c2)c(=O)c1CO. The summed E-state index contributed by atoms with van der Waals surface area (Å²) >= 11 is 3.36. The number of hydrogen-bond acceptors (Lipinski definition) is 2. The van der Waals surface area contributed by atoms with Gasteiger partial charge in [0.15, 0.2) is 0 Å². The summed E-state index contributed by atoms with van der Waals surface area (Å²) in [5, 5.41) is 12.2. The largest absolute Gasteiger partial charge is 0.391 e. The number of H-pyrrole nitrogens is 1. The van der Waals surface area contributed by atoms with Gasteiger partial charge in [-0.15, -0.1) is 0 Å². The van der Waals surface area contributed by atoms with Crippen molar-refractivity contribution in [3.8, 4) is 5.69 Å². The molecule has 1 aromatic carbocycles. The predicted molar refractivity (Wildman–Crippen MR) is 69.4 cm³/mol. The molecule has 0 fully saturated rings. The molecule has 17 heavy (non-hydrogen) atoms. The van der Waals surface area contributed by atoms with Crippen LogP contribution in [-0.4, -0.2) is 14.9 Å². The number of nitrogens with one attached hydrogen (secondary N) is 1. The van der Waals surface area contributed by atoms with E-state index in [0.717, 1.165) is 15.9 Å². The van der Waals surface area contributed by atoms with Crippen LogP contribution in [-0.2, 0) is 13.0 Å². The number of aliphatic hydroxyl groups is 1. The number of aromatic amines is 1. The Labute approximate surface area is 107 Å². The van der Waals surface area contributed by atoms with Gasteiger partial charge >= 0.3 is 0 Å². The van der Waals surface area contributed by atoms with Gasteiger partial charge in [0.05, 0.1) is 17.9 Å². The summed E-state index contributed by atoms with van der Waals surface area (Å²) in [7, 11) is 0. The fraction of sp³-hybridized carbons (Fsp3) is 0.250. The van der Waals surface area contributed by atoms with E-state index in [2.05, 4.69) is 21.0 Å². The maximum Gasteiger partial charge on any atom is 0.277 e. The Hall–Kier alpha value is -1.33. The molecule has 0 atom stereocenters. The van der Waals surface area contributed by atoms with Crippen LogP contribution in [0.3, 0.4) is 0 Å². The third kappa shape index (κ3) is 2.21. The average Bonchev–Trinajstić information content (AvgIpc) is 2.65. The summed E-state index contributed by atoms with van der Waals surface area (Å²) in [6.07, 6.45) is 0.687. The van der Waals surface area contributed by atoms with Gasteiger partial charge in [0.25, 0.3) is 5.56 Å². The Morgan fingerprint density at radius 2 is 2.24 bits per heavy atom. The van der Waals surface area contributed by atoms with Crippen LogP contribution in [0.1, 0.15) is 18.2 Å². The summed E-state index contributed by atoms with van der Waals surface area (Å²) in [4.78, 5) is 12.0. The molecule has 90 valence electrons. The topological polar surface area (TPSA) is 58.0 Å². The first-order valence-electron chi connectivity index (χ1n) is 5.37. The highest BCUT2D eigenvalue weighted by Gasteiger charge is 2.12. The van der Waals surface area contributed by atoms with Crippen LogP contribution in [0.4, 0.5) is 0 Å². The van der Waals surface area contributed by atoms with E-state index in [4.69, 9.17) is 0 Å². The lowest BCUT2D eigenvalue weighted by Crippen LogP contribution is -2.17. The molecule has 0 saturated heterocycles. The molecule has 2 aromatic rings. The molecule has 2 N–H and O–H groups in total. The summed E-state index contributed by atoms with van der Waals surface area (Å²) < 4.78 is 2.36. The first kappa shape index (κ1) is 12.1. The zero-order chi connectivity index (χ0) is 12.4. The molecule has 0 bridgehead atoms. The smallest absolute Gasteiger partial charge is 0.277 e. The molecule has 0 radical (unpaired) electrons. The second-order valence-electron chi connectivity index (χ2n) is 3.70. The van der Waals surface area contributed by atoms with E-state index in [-0.39, 0.29) is 12.2 Å². The highest BCUT2D eigenvalue weighted by molar-refractivity contribution is 9.10. The maximum absolute atomic E-state index is 12.0. The van der Waals surface area contributed by atoms with Crippen molar-refractivity contribution in [2.75, 3.05) is 0 Å². The number of aliphatic hydroxyl groups excluding tert-OH is 1. The van der Waals surface area contributed by atoms with Crippen LogP contribution in [0.5, 0.6) is 0 Å². The Morgan fingerprint density at radius 3 is 2.76 bits per heavy atom. The van der Waals surface area contributed by atoms with Crippen LogP contribution in [0.15, 0.2) is 33.5 Å². The van der Waals surface area contributed by atoms with Gasteiger partial charge in [0.1, 0.15) is 0 Å². The molecule has 2 rings (SSSR count). The molecule has 5 heteroatoms. The lowest BCUT2D eigenvalue weighted by Gasteiger charge is -2.01. The molecule has 1 aromatic heterocycles. The monoisotopic (exact) mass is 296 g/mol. The number of benzene rings is 1. The van der Waals surface area contributed by atoms with Crippen LogP contribution >= 0.6 is 15.9 Å². The van der Waals surface area contributed by atoms with E-state index >= 15 is 0 Å². The Balaban J connectivity index is 2.61. The fourth-order valence-electron chi connectivity index (χ4n) is 1.77. The van der Waals surface area contributed by atoms with Crippen LogP contribution in [0, 0.1) is 0 Å². The van der Waals surface area contributed by atoms with Gasteiger partial charge in [-0.25, -0.2) is 4.68 Å². The summed E-state index contributed by atoms with van der Waals surface area (Å²) in [6, 6.07) is 7.43. The van der Waals surface area contributed by atoms with Crippen LogP contribution in [0.2, 0.25) is 0 Å². The molecule has 0 aliphatic carbocycles. The van der Waals surface area contributed by atoms with Gasteiger partial charge in [0.2, 0.25) is 0 Å². The first-order valence-corrected chi connectivity index (χ1v) is 6.16. The van der Waals surface area contributed by atoms with Crippen molar-refractivity contribution >= 4 is 15.9 Å². The molecule has 0 aliphatic heterocycles. The fourth-order valence-corrected chi connectivity index (χ4v) is 2.16. The Kier molecular flexibility index (Phi) is 3.49. The lowest BCUT2D eigenvalue weighted by atomic mass is 10.2. The maximum atomic E-state index is 12.0. The van der Waals surface area contributed by atoms with E-state index in [1.165, 1.54) is 4.68 Å². The van der Waals surface area contributed by atoms with Gasteiger partial charge < -0.3 is 5.11 Å². The summed E-state index contributed by atoms with van der Waals surface area (Å²) in [6.45, 7) is 1.70. The molecule has 0 spiro atoms. The molecule has 4 nitrogen and oxygen atoms in total. The molecule has 0 aliphatic rings. The number of hydrogen-bond donors (Lipinski definition) is 2. The van der Waals surface area contributed by atoms with Crippen LogP contribution < -0.4 is 5.56 Å². The van der Waals surface area contributed by atoms with Crippen molar-refractivity contribution in [1.29, 1.82) is 0 Å². The molecule has 0 saturated carbocycles. The van der Waals surface area contributed by atoms with Gasteiger partial charge in [0, 0.05) is 10.2 Å². The van der Waals surface area contributed by atoms with E-state index in [9.17, 15) is 9.90 Å². The molecular formula is C12H13BrN2O2. The van der Waals surface area contributed by atoms with E-state index in [0.29, 0.717) is 12.0 Å². The van der Waals surface area contributed by atoms with Crippen LogP contribution in [0.25, 0.3) is 5.69 Å². The molecule has 0 unspecified atom stereocenters. The third-order valence-corrected chi connectivity index (χ3v) is 3.14. The van der Waals surface area contributed by atoms with Gasteiger partial charge in [-0.3, -0.25) is 9.89 Å². The highest BCUT2D eigenvalue weighted by Crippen LogP contribution is 2.14. The highest BCUT2D eigenvalue weighted by atomic mass is 79.9. The second kappa shape index (κ2) is 4.89. The second-order valence-corrected chi connectivity index (χ2v) is 4.62. The molecular weight excluding hydrogens is 284 g/mol. The van der Waals surface area contributed by atoms with Crippen molar-refractivity contribution in [3.05, 3.63) is 50.3 Å². The minimum absolute atomic E-state index is 0.192. The first-order chi connectivity index (χ1) is 8.17. The number of nitrogens with zero attached hydrogens (tertiary/aromatic N) is 1. The van der Waals surface area contributed by atoms with Crippen molar-refractivity contribution < 1.29 is 5.11 Å². The number of aromatic nitrogens is 2. The van der Waals surface area contributed by atoms with Crippen molar-refractivity contribution in [2.24, 2.45) is 0 Å². The van der Waals surface area contributed by atoms with Crippen molar-refractivity contribution in [2.45, 2.75) is 20.0 Å². The van der Waals surface area contributed by atoms with Crippen molar-refractivity contribution in [1.82, 2.24) is 9.78 Å². The zero-order valence-corrected chi connectivity index (χ0v) is 11.0. The number of aryl methyl sites for hydroxylation is 1. The quantitative estimate of drug-likeness (QED) is 0.910. The predicted octanol–water partition coefficient (Wildman–Crippen LogP) is 1.98. The molecule has 1 heterocycles. The lowest BCUT2D eigenvalue weighted by molar-refractivity contribution is 0.279. The van der Waals surface area contributed by atoms with E-state index in [1.807, 2.05) is 31.2 Å². The standard InChI is InChI=1S/C12H13BrN2O2/c1-2-11-10(7-16)12(17)15(14-11)9-5-3-4-8(13)6-9/h3-6,14,16H,2,7H2,1H3. The van der Waals surface area contributed by atoms with Gasteiger partial charge in [-0.05, 0) is 24.6 Å². The summed E-state index contributed by atoms with van der Waals surface area (Å²) in [5.41, 5.74) is 1.77. The molecule has 0 amide bonds. The van der Waals surface area contributed by atoms with E-state index < -0.39 is 0 Å². The summed E-state index contributed by atoms with van der Waals surface area (Å²) in [5.74, 6) is 0. The average molecular weight is 297 g/mol. The Bertz CT molecular complexity index is 586. The minimum atomic E-state index is -0.237. The zero-order valence-electron chi connectivity index (χ0n) is 9.40. The number of rotatable bonds is 3. The normalized spacial score (nSPS) is 10.8. The minimum Gasteiger partial charge on any atom is -0.391 e. The third-order valence-electron chi connectivity index (χ3n) is 2.65. The number of halogens is 1.